The van der Waals surface area contributed by atoms with E-state index < -0.39 is 51.1 Å². The van der Waals surface area contributed by atoms with E-state index in [1.54, 1.807) is 0 Å². The molecule has 0 bridgehead atoms. The van der Waals surface area contributed by atoms with Gasteiger partial charge >= 0.3 is 25.7 Å². The second-order valence-electron chi connectivity index (χ2n) is 15.2. The second kappa shape index (κ2) is 39.8. The number of carboxylic acids is 1. The molecule has 0 aliphatic rings. The molecule has 0 aromatic heterocycles. The monoisotopic (exact) mass is 816 g/mol. The van der Waals surface area contributed by atoms with Crippen LogP contribution in [-0.4, -0.2) is 59.9 Å². The first-order chi connectivity index (χ1) is 27.1. The Morgan fingerprint density at radius 1 is 0.536 bits per heavy atom. The topological polar surface area (TPSA) is 172 Å². The molecule has 0 radical (unpaired) electrons. The molecule has 0 saturated heterocycles. The molecule has 0 heterocycles. The molecule has 0 aromatic rings. The molecule has 0 saturated carbocycles. The number of allylic oxidation sites excluding steroid dienone is 4. The minimum absolute atomic E-state index is 0.133. The summed E-state index contributed by atoms with van der Waals surface area (Å²) >= 11 is 0. The molecular formula is C44H82NO10P. The minimum Gasteiger partial charge on any atom is -0.480 e. The second-order valence-corrected chi connectivity index (χ2v) is 16.6. The van der Waals surface area contributed by atoms with Crippen LogP contribution in [0.15, 0.2) is 24.3 Å². The maximum atomic E-state index is 12.6. The third kappa shape index (κ3) is 38.8. The highest BCUT2D eigenvalue weighted by atomic mass is 31.2. The number of phosphoric acid groups is 1. The molecule has 0 aromatic carbocycles. The SMILES string of the molecule is CCCCCC/C=C/CCCCCCCCCCCC(=O)OC[C@H](COP(=O)(O)OC[C@H](N)C(=O)O)OC(=O)CCCC/C=C/CCCCCCCCCCC. The maximum absolute atomic E-state index is 12.6. The van der Waals surface area contributed by atoms with Crippen molar-refractivity contribution in [2.24, 2.45) is 5.73 Å². The Kier molecular flexibility index (Phi) is 38.3. The fourth-order valence-corrected chi connectivity index (χ4v) is 6.89. The fourth-order valence-electron chi connectivity index (χ4n) is 6.11. The van der Waals surface area contributed by atoms with Gasteiger partial charge in [0.15, 0.2) is 6.10 Å². The average molecular weight is 816 g/mol. The quantitative estimate of drug-likeness (QED) is 0.0232. The van der Waals surface area contributed by atoms with Gasteiger partial charge in [-0.15, -0.1) is 0 Å². The van der Waals surface area contributed by atoms with Crippen molar-refractivity contribution in [3.63, 3.8) is 0 Å². The van der Waals surface area contributed by atoms with E-state index in [0.29, 0.717) is 12.8 Å². The van der Waals surface area contributed by atoms with Crippen LogP contribution < -0.4 is 5.73 Å². The predicted molar refractivity (Wildman–Crippen MR) is 226 cm³/mol. The van der Waals surface area contributed by atoms with Gasteiger partial charge in [-0.1, -0.05) is 154 Å². The highest BCUT2D eigenvalue weighted by Crippen LogP contribution is 2.43. The van der Waals surface area contributed by atoms with Crippen molar-refractivity contribution < 1.29 is 47.5 Å². The largest absolute Gasteiger partial charge is 0.480 e. The van der Waals surface area contributed by atoms with Gasteiger partial charge < -0.3 is 25.2 Å². The van der Waals surface area contributed by atoms with Crippen molar-refractivity contribution in [1.82, 2.24) is 0 Å². The lowest BCUT2D eigenvalue weighted by atomic mass is 10.1. The Morgan fingerprint density at radius 3 is 1.36 bits per heavy atom. The molecule has 328 valence electrons. The summed E-state index contributed by atoms with van der Waals surface area (Å²) in [5, 5.41) is 8.89. The summed E-state index contributed by atoms with van der Waals surface area (Å²) in [6.45, 7) is 2.78. The van der Waals surface area contributed by atoms with E-state index in [1.807, 2.05) is 0 Å². The first-order valence-electron chi connectivity index (χ1n) is 22.4. The lowest BCUT2D eigenvalue weighted by molar-refractivity contribution is -0.161. The lowest BCUT2D eigenvalue weighted by Gasteiger charge is -2.20. The van der Waals surface area contributed by atoms with E-state index in [0.717, 1.165) is 38.5 Å². The van der Waals surface area contributed by atoms with Gasteiger partial charge in [-0.3, -0.25) is 23.4 Å². The van der Waals surface area contributed by atoms with Crippen molar-refractivity contribution in [2.45, 2.75) is 219 Å². The molecule has 4 N–H and O–H groups in total. The molecule has 0 aliphatic carbocycles. The summed E-state index contributed by atoms with van der Waals surface area (Å²) in [6, 6.07) is -1.52. The van der Waals surface area contributed by atoms with Crippen molar-refractivity contribution >= 4 is 25.7 Å². The van der Waals surface area contributed by atoms with Crippen LogP contribution in [0, 0.1) is 0 Å². The number of phosphoric ester groups is 1. The molecule has 11 nitrogen and oxygen atoms in total. The number of ether oxygens (including phenoxy) is 2. The molecule has 12 heteroatoms. The van der Waals surface area contributed by atoms with Crippen molar-refractivity contribution in [3.05, 3.63) is 24.3 Å². The molecule has 0 rings (SSSR count). The van der Waals surface area contributed by atoms with Gasteiger partial charge in [-0.05, 0) is 64.2 Å². The van der Waals surface area contributed by atoms with E-state index in [-0.39, 0.29) is 19.4 Å². The molecule has 0 fully saturated rings. The van der Waals surface area contributed by atoms with Gasteiger partial charge in [0.05, 0.1) is 13.2 Å². The molecule has 56 heavy (non-hydrogen) atoms. The highest BCUT2D eigenvalue weighted by molar-refractivity contribution is 7.47. The standard InChI is InChI=1S/C44H82NO10P/c1-3-5-7-9-11-13-15-17-19-20-22-23-25-27-29-31-33-35-42(46)52-37-40(38-53-56(50,51)54-39-41(45)44(48)49)55-43(47)36-34-32-30-28-26-24-21-18-16-14-12-10-8-6-4-2/h13,15,26,28,40-41H,3-12,14,16-25,27,29-39,45H2,1-2H3,(H,48,49)(H,50,51)/b15-13+,28-26+/t40-,41+/m1/s1. The number of carboxylic acid groups (broad SMARTS) is 1. The summed E-state index contributed by atoms with van der Waals surface area (Å²) in [4.78, 5) is 45.9. The van der Waals surface area contributed by atoms with E-state index in [9.17, 15) is 23.8 Å². The number of esters is 2. The van der Waals surface area contributed by atoms with Crippen molar-refractivity contribution in [2.75, 3.05) is 19.8 Å². The van der Waals surface area contributed by atoms with Gasteiger partial charge in [-0.2, -0.15) is 0 Å². The van der Waals surface area contributed by atoms with E-state index in [1.165, 1.54) is 128 Å². The Bertz CT molecular complexity index is 1050. The number of unbranched alkanes of at least 4 members (excludes halogenated alkanes) is 24. The average Bonchev–Trinajstić information content (AvgIpc) is 3.17. The van der Waals surface area contributed by atoms with Crippen molar-refractivity contribution in [1.29, 1.82) is 0 Å². The Labute approximate surface area is 340 Å². The number of hydrogen-bond acceptors (Lipinski definition) is 9. The Hall–Kier alpha value is -2.04. The first kappa shape index (κ1) is 54.0. The summed E-state index contributed by atoms with van der Waals surface area (Å²) in [5.41, 5.74) is 5.33. The number of aliphatic carboxylic acids is 1. The predicted octanol–water partition coefficient (Wildman–Crippen LogP) is 11.8. The van der Waals surface area contributed by atoms with Crippen LogP contribution >= 0.6 is 7.82 Å². The zero-order chi connectivity index (χ0) is 41.4. The van der Waals surface area contributed by atoms with Gasteiger partial charge in [-0.25, -0.2) is 4.57 Å². The summed E-state index contributed by atoms with van der Waals surface area (Å²) < 4.78 is 32.7. The van der Waals surface area contributed by atoms with Crippen LogP contribution in [0.5, 0.6) is 0 Å². The van der Waals surface area contributed by atoms with Gasteiger partial charge in [0.1, 0.15) is 12.6 Å². The van der Waals surface area contributed by atoms with Crippen LogP contribution in [0.1, 0.15) is 206 Å². The zero-order valence-electron chi connectivity index (χ0n) is 35.5. The van der Waals surface area contributed by atoms with Gasteiger partial charge in [0.2, 0.25) is 0 Å². The molecule has 3 atom stereocenters. The minimum atomic E-state index is -4.72. The van der Waals surface area contributed by atoms with Crippen LogP contribution in [0.3, 0.4) is 0 Å². The number of rotatable bonds is 42. The number of carbonyl (C=O) groups excluding carboxylic acids is 2. The van der Waals surface area contributed by atoms with Crippen LogP contribution in [0.25, 0.3) is 0 Å². The van der Waals surface area contributed by atoms with Crippen molar-refractivity contribution in [3.8, 4) is 0 Å². The van der Waals surface area contributed by atoms with Crippen LogP contribution in [0.4, 0.5) is 0 Å². The number of nitrogens with two attached hydrogens (primary N) is 1. The Balaban J connectivity index is 4.35. The lowest BCUT2D eigenvalue weighted by Crippen LogP contribution is -2.34. The van der Waals surface area contributed by atoms with E-state index in [2.05, 4.69) is 42.7 Å². The first-order valence-corrected chi connectivity index (χ1v) is 23.9. The van der Waals surface area contributed by atoms with Gasteiger partial charge in [0.25, 0.3) is 0 Å². The third-order valence-electron chi connectivity index (χ3n) is 9.67. The smallest absolute Gasteiger partial charge is 0.472 e. The summed E-state index contributed by atoms with van der Waals surface area (Å²) in [5.74, 6) is -2.40. The zero-order valence-corrected chi connectivity index (χ0v) is 36.4. The van der Waals surface area contributed by atoms with Gasteiger partial charge in [0, 0.05) is 12.8 Å². The molecular weight excluding hydrogens is 733 g/mol. The maximum Gasteiger partial charge on any atom is 0.472 e. The number of hydrogen-bond donors (Lipinski definition) is 3. The normalized spacial score (nSPS) is 13.9. The molecule has 1 unspecified atom stereocenters. The molecule has 0 aliphatic heterocycles. The number of carbonyl (C=O) groups is 3. The van der Waals surface area contributed by atoms with Crippen LogP contribution in [0.2, 0.25) is 0 Å². The third-order valence-corrected chi connectivity index (χ3v) is 10.6. The Morgan fingerprint density at radius 2 is 0.893 bits per heavy atom. The molecule has 0 amide bonds. The highest BCUT2D eigenvalue weighted by Gasteiger charge is 2.28. The van der Waals surface area contributed by atoms with E-state index >= 15 is 0 Å². The van der Waals surface area contributed by atoms with E-state index in [4.69, 9.17) is 24.8 Å². The summed E-state index contributed by atoms with van der Waals surface area (Å²) in [7, 11) is -4.72. The fraction of sp³-hybridized carbons (Fsp3) is 0.841. The van der Waals surface area contributed by atoms with Crippen LogP contribution in [-0.2, 0) is 37.5 Å². The summed E-state index contributed by atoms with van der Waals surface area (Å²) in [6.07, 6.45) is 41.0. The molecule has 0 spiro atoms.